The summed E-state index contributed by atoms with van der Waals surface area (Å²) in [5.41, 5.74) is 1.08. The second kappa shape index (κ2) is 6.19. The van der Waals surface area contributed by atoms with Crippen LogP contribution in [0.4, 0.5) is 10.1 Å². The molecule has 0 unspecified atom stereocenters. The van der Waals surface area contributed by atoms with Crippen molar-refractivity contribution >= 4 is 22.9 Å². The molecule has 0 aliphatic heterocycles. The minimum absolute atomic E-state index is 0.0577. The molecule has 2 aromatic rings. The largest absolute Gasteiger partial charge is 0.307 e. The minimum atomic E-state index is -0.257. The summed E-state index contributed by atoms with van der Waals surface area (Å²) in [4.78, 5) is 16.0. The van der Waals surface area contributed by atoms with Crippen LogP contribution in [-0.2, 0) is 0 Å². The van der Waals surface area contributed by atoms with Crippen molar-refractivity contribution in [3.63, 3.8) is 0 Å². The highest BCUT2D eigenvalue weighted by atomic mass is 32.1. The molecule has 1 heterocycles. The van der Waals surface area contributed by atoms with Crippen LogP contribution in [0.3, 0.4) is 0 Å². The lowest BCUT2D eigenvalue weighted by molar-refractivity contribution is -0.0472. The molecule has 1 aromatic carbocycles. The molecule has 0 N–H and O–H groups in total. The Kier molecular flexibility index (Phi) is 3.93. The molecule has 0 saturated heterocycles. The molecular formula is C22H24FNOS. The molecule has 26 heavy (non-hydrogen) atoms. The molecule has 6 rings (SSSR count). The smallest absolute Gasteiger partial charge is 0.268 e. The minimum Gasteiger partial charge on any atom is -0.307 e. The third-order valence-electron chi connectivity index (χ3n) is 6.77. The van der Waals surface area contributed by atoms with Crippen molar-refractivity contribution in [1.82, 2.24) is 0 Å². The molecule has 4 aliphatic carbocycles. The van der Waals surface area contributed by atoms with Gasteiger partial charge in [0.25, 0.3) is 5.91 Å². The van der Waals surface area contributed by atoms with Gasteiger partial charge in [-0.25, -0.2) is 4.39 Å². The second-order valence-electron chi connectivity index (χ2n) is 8.76. The van der Waals surface area contributed by atoms with Gasteiger partial charge in [-0.15, -0.1) is 11.3 Å². The number of rotatable bonds is 4. The molecule has 136 valence electrons. The number of benzene rings is 1. The highest BCUT2D eigenvalue weighted by Crippen LogP contribution is 2.60. The fraction of sp³-hybridized carbons (Fsp3) is 0.500. The van der Waals surface area contributed by atoms with Crippen LogP contribution in [0, 0.1) is 29.0 Å². The lowest BCUT2D eigenvalue weighted by atomic mass is 9.49. The first kappa shape index (κ1) is 16.5. The SMILES string of the molecule is O=C(c1cccs1)N(CC12CC3CC(CC(C3)C1)C2)c1ccc(F)cc1. The average Bonchev–Trinajstić information content (AvgIpc) is 3.13. The Hall–Kier alpha value is -1.68. The zero-order valence-corrected chi connectivity index (χ0v) is 15.7. The van der Waals surface area contributed by atoms with Crippen LogP contribution in [0.1, 0.15) is 48.2 Å². The molecule has 2 nitrogen and oxygen atoms in total. The summed E-state index contributed by atoms with van der Waals surface area (Å²) in [5, 5.41) is 1.95. The van der Waals surface area contributed by atoms with Crippen molar-refractivity contribution in [3.05, 3.63) is 52.5 Å². The van der Waals surface area contributed by atoms with Gasteiger partial charge in [0.05, 0.1) is 4.88 Å². The maximum absolute atomic E-state index is 13.4. The standard InChI is InChI=1S/C22H24FNOS/c23-18-3-5-19(6-4-18)24(21(25)20-2-1-7-26-20)14-22-11-15-8-16(12-22)10-17(9-15)13-22/h1-7,15-17H,8-14H2. The van der Waals surface area contributed by atoms with Crippen molar-refractivity contribution in [1.29, 1.82) is 0 Å². The number of nitrogens with zero attached hydrogens (tertiary/aromatic N) is 1. The van der Waals surface area contributed by atoms with Gasteiger partial charge >= 0.3 is 0 Å². The Labute approximate surface area is 158 Å². The first-order valence-corrected chi connectivity index (χ1v) is 10.6. The summed E-state index contributed by atoms with van der Waals surface area (Å²) in [5.74, 6) is 2.36. The van der Waals surface area contributed by atoms with Crippen LogP contribution in [0.2, 0.25) is 0 Å². The second-order valence-corrected chi connectivity index (χ2v) is 9.71. The Morgan fingerprint density at radius 1 is 1.04 bits per heavy atom. The lowest BCUT2D eigenvalue weighted by Gasteiger charge is -2.57. The van der Waals surface area contributed by atoms with Crippen LogP contribution in [0.25, 0.3) is 0 Å². The van der Waals surface area contributed by atoms with Gasteiger partial charge in [-0.2, -0.15) is 0 Å². The van der Waals surface area contributed by atoms with Gasteiger partial charge < -0.3 is 4.90 Å². The van der Waals surface area contributed by atoms with E-state index >= 15 is 0 Å². The summed E-state index contributed by atoms with van der Waals surface area (Å²) < 4.78 is 13.4. The van der Waals surface area contributed by atoms with E-state index in [1.807, 2.05) is 22.4 Å². The van der Waals surface area contributed by atoms with Crippen LogP contribution < -0.4 is 4.90 Å². The van der Waals surface area contributed by atoms with E-state index in [4.69, 9.17) is 0 Å². The summed E-state index contributed by atoms with van der Waals surface area (Å²) in [6.45, 7) is 0.777. The molecule has 4 fully saturated rings. The highest BCUT2D eigenvalue weighted by molar-refractivity contribution is 7.12. The molecule has 1 amide bonds. The number of thiophene rings is 1. The van der Waals surface area contributed by atoms with Crippen molar-refractivity contribution in [2.75, 3.05) is 11.4 Å². The van der Waals surface area contributed by atoms with Crippen LogP contribution in [-0.4, -0.2) is 12.5 Å². The number of hydrogen-bond acceptors (Lipinski definition) is 2. The monoisotopic (exact) mass is 369 g/mol. The number of carbonyl (C=O) groups excluding carboxylic acids is 1. The van der Waals surface area contributed by atoms with E-state index in [-0.39, 0.29) is 17.1 Å². The number of amides is 1. The Morgan fingerprint density at radius 2 is 1.65 bits per heavy atom. The summed E-state index contributed by atoms with van der Waals surface area (Å²) in [6, 6.07) is 10.2. The quantitative estimate of drug-likeness (QED) is 0.672. The summed E-state index contributed by atoms with van der Waals surface area (Å²) in [6.07, 6.45) is 7.97. The van der Waals surface area contributed by atoms with Gasteiger partial charge in [0.2, 0.25) is 0 Å². The molecule has 4 saturated carbocycles. The van der Waals surface area contributed by atoms with Crippen molar-refractivity contribution in [2.45, 2.75) is 38.5 Å². The van der Waals surface area contributed by atoms with Gasteiger partial charge in [0.15, 0.2) is 0 Å². The third kappa shape index (κ3) is 2.88. The van der Waals surface area contributed by atoms with E-state index in [9.17, 15) is 9.18 Å². The van der Waals surface area contributed by atoms with Crippen molar-refractivity contribution in [2.24, 2.45) is 23.2 Å². The van der Waals surface area contributed by atoms with Gasteiger partial charge in [-0.1, -0.05) is 6.07 Å². The van der Waals surface area contributed by atoms with E-state index in [1.165, 1.54) is 62.0 Å². The predicted octanol–water partition coefficient (Wildman–Crippen LogP) is 5.75. The van der Waals surface area contributed by atoms with Gasteiger partial charge in [0, 0.05) is 12.2 Å². The fourth-order valence-corrected chi connectivity index (χ4v) is 6.93. The summed E-state index contributed by atoms with van der Waals surface area (Å²) in [7, 11) is 0. The first-order valence-electron chi connectivity index (χ1n) is 9.71. The van der Waals surface area contributed by atoms with Crippen molar-refractivity contribution < 1.29 is 9.18 Å². The average molecular weight is 370 g/mol. The molecule has 4 bridgehead atoms. The molecule has 1 aromatic heterocycles. The van der Waals surface area contributed by atoms with E-state index < -0.39 is 0 Å². The van der Waals surface area contributed by atoms with E-state index in [0.29, 0.717) is 0 Å². The van der Waals surface area contributed by atoms with Crippen LogP contribution in [0.5, 0.6) is 0 Å². The number of hydrogen-bond donors (Lipinski definition) is 0. The highest BCUT2D eigenvalue weighted by Gasteiger charge is 2.51. The Balaban J connectivity index is 1.48. The van der Waals surface area contributed by atoms with Crippen molar-refractivity contribution in [3.8, 4) is 0 Å². The number of carbonyl (C=O) groups is 1. The number of anilines is 1. The predicted molar refractivity (Wildman–Crippen MR) is 103 cm³/mol. The fourth-order valence-electron chi connectivity index (χ4n) is 6.25. The molecule has 0 atom stereocenters. The zero-order valence-electron chi connectivity index (χ0n) is 14.9. The van der Waals surface area contributed by atoms with E-state index in [2.05, 4.69) is 0 Å². The Bertz CT molecular complexity index is 763. The maximum atomic E-state index is 13.4. The molecule has 0 spiro atoms. The molecule has 4 aliphatic rings. The maximum Gasteiger partial charge on any atom is 0.268 e. The Morgan fingerprint density at radius 3 is 2.19 bits per heavy atom. The van der Waals surface area contributed by atoms with E-state index in [0.717, 1.165) is 34.9 Å². The van der Waals surface area contributed by atoms with Gasteiger partial charge in [-0.3, -0.25) is 4.79 Å². The number of halogens is 1. The van der Waals surface area contributed by atoms with Crippen LogP contribution >= 0.6 is 11.3 Å². The molecule has 0 radical (unpaired) electrons. The van der Waals surface area contributed by atoms with E-state index in [1.54, 1.807) is 12.1 Å². The lowest BCUT2D eigenvalue weighted by Crippen LogP contribution is -2.52. The van der Waals surface area contributed by atoms with Crippen LogP contribution in [0.15, 0.2) is 41.8 Å². The molecular weight excluding hydrogens is 345 g/mol. The summed E-state index contributed by atoms with van der Waals surface area (Å²) >= 11 is 1.48. The molecule has 4 heteroatoms. The normalized spacial score (nSPS) is 32.0. The third-order valence-corrected chi connectivity index (χ3v) is 7.63. The first-order chi connectivity index (χ1) is 12.6. The zero-order chi connectivity index (χ0) is 17.7. The van der Waals surface area contributed by atoms with Gasteiger partial charge in [0.1, 0.15) is 5.82 Å². The van der Waals surface area contributed by atoms with Gasteiger partial charge in [-0.05, 0) is 97.4 Å². The topological polar surface area (TPSA) is 20.3 Å².